The molecule has 1 aromatic carbocycles. The number of hydrogen-bond acceptors (Lipinski definition) is 2. The van der Waals surface area contributed by atoms with E-state index in [0.717, 1.165) is 23.8 Å². The molecule has 1 aliphatic rings. The summed E-state index contributed by atoms with van der Waals surface area (Å²) in [6, 6.07) is 7.14. The summed E-state index contributed by atoms with van der Waals surface area (Å²) in [5.41, 5.74) is 3.72. The highest BCUT2D eigenvalue weighted by atomic mass is 16.3. The monoisotopic (exact) mass is 285 g/mol. The van der Waals surface area contributed by atoms with Crippen LogP contribution in [0.5, 0.6) is 0 Å². The number of fused-ring (bicyclic) bond motifs is 1. The molecule has 0 radical (unpaired) electrons. The maximum absolute atomic E-state index is 6.29. The van der Waals surface area contributed by atoms with Crippen LogP contribution in [0.15, 0.2) is 22.6 Å². The van der Waals surface area contributed by atoms with Gasteiger partial charge in [0.25, 0.3) is 0 Å². The fraction of sp³-hybridized carbons (Fsp3) is 0.579. The lowest BCUT2D eigenvalue weighted by Crippen LogP contribution is -2.23. The van der Waals surface area contributed by atoms with Crippen LogP contribution in [0.4, 0.5) is 0 Å². The predicted molar refractivity (Wildman–Crippen MR) is 88.8 cm³/mol. The van der Waals surface area contributed by atoms with Gasteiger partial charge >= 0.3 is 0 Å². The first-order valence-electron chi connectivity index (χ1n) is 8.38. The van der Waals surface area contributed by atoms with Crippen molar-refractivity contribution >= 4 is 11.0 Å². The van der Waals surface area contributed by atoms with E-state index >= 15 is 0 Å². The Morgan fingerprint density at radius 3 is 2.67 bits per heavy atom. The quantitative estimate of drug-likeness (QED) is 0.777. The molecule has 0 bridgehead atoms. The molecule has 0 amide bonds. The lowest BCUT2D eigenvalue weighted by atomic mass is 9.97. The first kappa shape index (κ1) is 14.6. The highest BCUT2D eigenvalue weighted by molar-refractivity contribution is 5.85. The molecule has 2 nitrogen and oxygen atoms in total. The minimum atomic E-state index is 0.400. The fourth-order valence-corrected chi connectivity index (χ4v) is 3.18. The van der Waals surface area contributed by atoms with Gasteiger partial charge in [0.1, 0.15) is 11.3 Å². The van der Waals surface area contributed by atoms with Crippen LogP contribution in [-0.2, 0) is 0 Å². The van der Waals surface area contributed by atoms with E-state index in [2.05, 4.69) is 51.2 Å². The van der Waals surface area contributed by atoms with Crippen molar-refractivity contribution in [3.8, 4) is 0 Å². The highest BCUT2D eigenvalue weighted by Gasteiger charge is 2.34. The lowest BCUT2D eigenvalue weighted by molar-refractivity contribution is 0.396. The fourth-order valence-electron chi connectivity index (χ4n) is 3.18. The van der Waals surface area contributed by atoms with E-state index in [1.165, 1.54) is 35.8 Å². The Balaban J connectivity index is 2.02. The Kier molecular flexibility index (Phi) is 4.08. The molecule has 1 atom stereocenters. The van der Waals surface area contributed by atoms with Crippen LogP contribution in [0, 0.1) is 12.8 Å². The van der Waals surface area contributed by atoms with Gasteiger partial charge in [-0.3, -0.25) is 0 Å². The van der Waals surface area contributed by atoms with Crippen LogP contribution in [-0.4, -0.2) is 6.54 Å². The molecule has 1 aromatic heterocycles. The first-order chi connectivity index (χ1) is 10.1. The largest absolute Gasteiger partial charge is 0.459 e. The van der Waals surface area contributed by atoms with E-state index < -0.39 is 0 Å². The Bertz CT molecular complexity index is 622. The summed E-state index contributed by atoms with van der Waals surface area (Å²) >= 11 is 0. The zero-order valence-corrected chi connectivity index (χ0v) is 13.7. The SMILES string of the molecule is CCCNC(c1cc2c(C(C)C)ccc(C)c2o1)C1CC1. The Hall–Kier alpha value is -1.28. The molecule has 21 heavy (non-hydrogen) atoms. The van der Waals surface area contributed by atoms with Crippen molar-refractivity contribution in [2.45, 2.75) is 58.9 Å². The van der Waals surface area contributed by atoms with Crippen molar-refractivity contribution in [1.82, 2.24) is 5.32 Å². The molecule has 2 aromatic rings. The summed E-state index contributed by atoms with van der Waals surface area (Å²) in [5, 5.41) is 4.99. The van der Waals surface area contributed by atoms with Gasteiger partial charge in [-0.05, 0) is 61.8 Å². The van der Waals surface area contributed by atoms with E-state index in [1.807, 2.05) is 0 Å². The maximum atomic E-state index is 6.29. The van der Waals surface area contributed by atoms with Crippen LogP contribution in [0.1, 0.15) is 68.9 Å². The number of aryl methyl sites for hydroxylation is 1. The molecule has 1 unspecified atom stereocenters. The van der Waals surface area contributed by atoms with Gasteiger partial charge < -0.3 is 9.73 Å². The highest BCUT2D eigenvalue weighted by Crippen LogP contribution is 2.43. The van der Waals surface area contributed by atoms with Crippen LogP contribution in [0.2, 0.25) is 0 Å². The average molecular weight is 285 g/mol. The molecule has 3 rings (SSSR count). The summed E-state index contributed by atoms with van der Waals surface area (Å²) in [5.74, 6) is 2.43. The summed E-state index contributed by atoms with van der Waals surface area (Å²) in [6.07, 6.45) is 3.82. The van der Waals surface area contributed by atoms with Crippen LogP contribution in [0.3, 0.4) is 0 Å². The number of benzene rings is 1. The van der Waals surface area contributed by atoms with Crippen molar-refractivity contribution in [3.05, 3.63) is 35.1 Å². The van der Waals surface area contributed by atoms with Gasteiger partial charge in [0, 0.05) is 5.39 Å². The average Bonchev–Trinajstić information content (AvgIpc) is 3.18. The standard InChI is InChI=1S/C19H27NO/c1-5-10-20-18(14-7-8-14)17-11-16-15(12(2)3)9-6-13(4)19(16)21-17/h6,9,11-12,14,18,20H,5,7-8,10H2,1-4H3. The van der Waals surface area contributed by atoms with E-state index in [1.54, 1.807) is 0 Å². The van der Waals surface area contributed by atoms with Gasteiger partial charge in [-0.25, -0.2) is 0 Å². The normalized spacial score (nSPS) is 16.8. The van der Waals surface area contributed by atoms with Gasteiger partial charge in [0.2, 0.25) is 0 Å². The third-order valence-electron chi connectivity index (χ3n) is 4.57. The molecule has 0 aliphatic heterocycles. The van der Waals surface area contributed by atoms with Crippen molar-refractivity contribution < 1.29 is 4.42 Å². The molecule has 114 valence electrons. The molecule has 1 N–H and O–H groups in total. The van der Waals surface area contributed by atoms with E-state index in [9.17, 15) is 0 Å². The summed E-state index contributed by atoms with van der Waals surface area (Å²) in [7, 11) is 0. The number of hydrogen-bond donors (Lipinski definition) is 1. The van der Waals surface area contributed by atoms with Crippen LogP contribution in [0.25, 0.3) is 11.0 Å². The summed E-state index contributed by atoms with van der Waals surface area (Å²) in [4.78, 5) is 0. The molecule has 0 spiro atoms. The van der Waals surface area contributed by atoms with Gasteiger partial charge in [-0.1, -0.05) is 32.9 Å². The lowest BCUT2D eigenvalue weighted by Gasteiger charge is -2.14. The Morgan fingerprint density at radius 1 is 1.29 bits per heavy atom. The first-order valence-corrected chi connectivity index (χ1v) is 8.38. The molecular weight excluding hydrogens is 258 g/mol. The maximum Gasteiger partial charge on any atom is 0.137 e. The molecule has 1 aliphatic carbocycles. The second kappa shape index (κ2) is 5.84. The zero-order chi connectivity index (χ0) is 15.0. The van der Waals surface area contributed by atoms with Crippen LogP contribution < -0.4 is 5.32 Å². The van der Waals surface area contributed by atoms with E-state index in [0.29, 0.717) is 12.0 Å². The Labute approximate surface area is 127 Å². The number of furan rings is 1. The van der Waals surface area contributed by atoms with Crippen molar-refractivity contribution in [2.75, 3.05) is 6.54 Å². The molecule has 1 saturated carbocycles. The molecule has 1 heterocycles. The second-order valence-corrected chi connectivity index (χ2v) is 6.79. The van der Waals surface area contributed by atoms with Gasteiger partial charge in [-0.15, -0.1) is 0 Å². The van der Waals surface area contributed by atoms with Gasteiger partial charge in [-0.2, -0.15) is 0 Å². The number of rotatable bonds is 6. The smallest absolute Gasteiger partial charge is 0.137 e. The van der Waals surface area contributed by atoms with E-state index in [4.69, 9.17) is 4.42 Å². The van der Waals surface area contributed by atoms with E-state index in [-0.39, 0.29) is 0 Å². The molecule has 0 saturated heterocycles. The second-order valence-electron chi connectivity index (χ2n) is 6.79. The Morgan fingerprint density at radius 2 is 2.05 bits per heavy atom. The van der Waals surface area contributed by atoms with Crippen LogP contribution >= 0.6 is 0 Å². The van der Waals surface area contributed by atoms with Crippen molar-refractivity contribution in [3.63, 3.8) is 0 Å². The third-order valence-corrected chi connectivity index (χ3v) is 4.57. The molecule has 1 fully saturated rings. The number of nitrogens with one attached hydrogen (secondary N) is 1. The van der Waals surface area contributed by atoms with Gasteiger partial charge in [0.05, 0.1) is 6.04 Å². The summed E-state index contributed by atoms with van der Waals surface area (Å²) < 4.78 is 6.29. The third kappa shape index (κ3) is 2.87. The molecule has 2 heteroatoms. The van der Waals surface area contributed by atoms with Crippen molar-refractivity contribution in [1.29, 1.82) is 0 Å². The summed E-state index contributed by atoms with van der Waals surface area (Å²) in [6.45, 7) is 9.94. The minimum Gasteiger partial charge on any atom is -0.459 e. The zero-order valence-electron chi connectivity index (χ0n) is 13.7. The van der Waals surface area contributed by atoms with Crippen molar-refractivity contribution in [2.24, 2.45) is 5.92 Å². The topological polar surface area (TPSA) is 25.2 Å². The predicted octanol–water partition coefficient (Wildman–Crippen LogP) is 5.32. The van der Waals surface area contributed by atoms with Gasteiger partial charge in [0.15, 0.2) is 0 Å². The minimum absolute atomic E-state index is 0.400. The molecular formula is C19H27NO.